The van der Waals surface area contributed by atoms with Crippen LogP contribution in [0.3, 0.4) is 0 Å². The average molecular weight is 795 g/mol. The number of nitrogens with zero attached hydrogens (tertiary/aromatic N) is 2. The molecule has 0 saturated carbocycles. The number of rotatable bonds is 11. The first-order valence-electron chi connectivity index (χ1n) is 18.9. The number of benzene rings is 1. The number of aliphatic hydroxyl groups excluding tert-OH is 1. The summed E-state index contributed by atoms with van der Waals surface area (Å²) < 4.78 is 58.9. The summed E-state index contributed by atoms with van der Waals surface area (Å²) in [5, 5.41) is 9.29. The molecule has 4 atom stereocenters. The van der Waals surface area contributed by atoms with E-state index in [2.05, 4.69) is 0 Å². The number of carbonyl (C=O) groups is 2. The van der Waals surface area contributed by atoms with E-state index in [4.69, 9.17) is 27.9 Å². The van der Waals surface area contributed by atoms with Crippen molar-refractivity contribution in [2.45, 2.75) is 154 Å². The number of aryl methyl sites for hydroxylation is 1. The zero-order valence-corrected chi connectivity index (χ0v) is 37.8. The number of amides is 2. The predicted octanol–water partition coefficient (Wildman–Crippen LogP) is 4.14. The van der Waals surface area contributed by atoms with Gasteiger partial charge in [-0.3, -0.25) is 14.0 Å². The summed E-state index contributed by atoms with van der Waals surface area (Å²) in [6.45, 7) is 22.9. The zero-order chi connectivity index (χ0) is 39.8. The molecule has 3 aliphatic heterocycles. The molecule has 0 unspecified atom stereocenters. The van der Waals surface area contributed by atoms with Gasteiger partial charge >= 0.3 is 41.7 Å². The van der Waals surface area contributed by atoms with E-state index in [1.165, 1.54) is 18.6 Å². The standard InChI is InChI=1S/C23H37NO7S.C16H29NO4.Na.H/c1-17-9-11-20(12-10-17)32(27,28)30-15-18(8-7-13-25)14-19-16-29-23(5,6)24(19)21(26)31-22(2,3)4;1-15(2,3)21-14(18)17-13(11-20-16(17,4)5)9-12-7-6-8-19-10-12;;/h9-12,18-19,25H,7-8,13-16H2,1-6H3;12-13H,6-11H2,1-5H3;;/q;;+1;-1/t18-,19+;12-,13+;;/m11../s1. The van der Waals surface area contributed by atoms with Gasteiger partial charge in [-0.25, -0.2) is 9.59 Å². The predicted molar refractivity (Wildman–Crippen MR) is 202 cm³/mol. The summed E-state index contributed by atoms with van der Waals surface area (Å²) in [4.78, 5) is 28.8. The van der Waals surface area contributed by atoms with E-state index in [0.717, 1.165) is 31.6 Å². The summed E-state index contributed by atoms with van der Waals surface area (Å²) in [5.41, 5.74) is -1.64. The molecule has 0 aromatic heterocycles. The molecule has 3 aliphatic rings. The maximum atomic E-state index is 12.9. The average Bonchev–Trinajstić information content (AvgIpc) is 3.50. The van der Waals surface area contributed by atoms with Crippen LogP contribution in [0.4, 0.5) is 9.59 Å². The van der Waals surface area contributed by atoms with Gasteiger partial charge in [0, 0.05) is 19.8 Å². The van der Waals surface area contributed by atoms with Crippen LogP contribution in [0.1, 0.15) is 115 Å². The molecule has 306 valence electrons. The fourth-order valence-electron chi connectivity index (χ4n) is 6.85. The Morgan fingerprint density at radius 1 is 0.907 bits per heavy atom. The Morgan fingerprint density at radius 3 is 1.91 bits per heavy atom. The van der Waals surface area contributed by atoms with E-state index >= 15 is 0 Å². The summed E-state index contributed by atoms with van der Waals surface area (Å²) >= 11 is 0. The molecule has 1 aromatic carbocycles. The Kier molecular flexibility index (Phi) is 18.3. The first-order valence-corrected chi connectivity index (χ1v) is 20.3. The molecular formula is C39H67N2NaO11S. The molecule has 3 fully saturated rings. The van der Waals surface area contributed by atoms with Crippen LogP contribution in [0.15, 0.2) is 29.2 Å². The summed E-state index contributed by atoms with van der Waals surface area (Å²) in [6, 6.07) is 6.25. The normalized spacial score (nSPS) is 23.1. The molecule has 15 heteroatoms. The minimum Gasteiger partial charge on any atom is -1.00 e. The van der Waals surface area contributed by atoms with Crippen LogP contribution in [0, 0.1) is 18.8 Å². The van der Waals surface area contributed by atoms with Gasteiger partial charge in [-0.2, -0.15) is 8.42 Å². The van der Waals surface area contributed by atoms with E-state index < -0.39 is 38.9 Å². The number of hydrogen-bond donors (Lipinski definition) is 1. The minimum atomic E-state index is -3.91. The second-order valence-electron chi connectivity index (χ2n) is 17.4. The molecular weight excluding hydrogens is 727 g/mol. The molecule has 3 saturated heterocycles. The molecule has 13 nitrogen and oxygen atoms in total. The molecule has 1 aromatic rings. The van der Waals surface area contributed by atoms with E-state index in [0.29, 0.717) is 38.4 Å². The van der Waals surface area contributed by atoms with Crippen molar-refractivity contribution in [2.75, 3.05) is 39.6 Å². The molecule has 0 radical (unpaired) electrons. The quantitative estimate of drug-likeness (QED) is 0.255. The Labute approximate surface area is 348 Å². The van der Waals surface area contributed by atoms with E-state index in [1.807, 2.05) is 41.5 Å². The van der Waals surface area contributed by atoms with Crippen LogP contribution < -0.4 is 29.6 Å². The first kappa shape index (κ1) is 48.7. The maximum Gasteiger partial charge on any atom is 1.00 e. The first-order chi connectivity index (χ1) is 24.4. The van der Waals surface area contributed by atoms with E-state index in [1.54, 1.807) is 56.6 Å². The number of ether oxygens (including phenoxy) is 5. The third-order valence-electron chi connectivity index (χ3n) is 9.33. The second kappa shape index (κ2) is 20.3. The Hall–Kier alpha value is -1.49. The van der Waals surface area contributed by atoms with Crippen LogP contribution in [-0.4, -0.2) is 110 Å². The monoisotopic (exact) mass is 794 g/mol. The van der Waals surface area contributed by atoms with Gasteiger partial charge in [0.2, 0.25) is 0 Å². The van der Waals surface area contributed by atoms with Gasteiger partial charge in [-0.05, 0) is 139 Å². The summed E-state index contributed by atoms with van der Waals surface area (Å²) in [7, 11) is -3.91. The zero-order valence-electron chi connectivity index (χ0n) is 35.9. The van der Waals surface area contributed by atoms with Gasteiger partial charge in [0.15, 0.2) is 0 Å². The Bertz CT molecular complexity index is 1440. The van der Waals surface area contributed by atoms with Crippen molar-refractivity contribution in [2.24, 2.45) is 11.8 Å². The Morgan fingerprint density at radius 2 is 1.43 bits per heavy atom. The van der Waals surface area contributed by atoms with Crippen LogP contribution in [-0.2, 0) is 38.0 Å². The van der Waals surface area contributed by atoms with E-state index in [-0.39, 0.29) is 73.2 Å². The fourth-order valence-corrected chi connectivity index (χ4v) is 7.82. The van der Waals surface area contributed by atoms with Crippen molar-refractivity contribution in [1.29, 1.82) is 0 Å². The van der Waals surface area contributed by atoms with Crippen LogP contribution in [0.25, 0.3) is 0 Å². The van der Waals surface area contributed by atoms with Crippen molar-refractivity contribution in [1.82, 2.24) is 9.80 Å². The van der Waals surface area contributed by atoms with Gasteiger partial charge in [0.05, 0.1) is 36.8 Å². The fraction of sp³-hybridized carbons (Fsp3) is 0.795. The van der Waals surface area contributed by atoms with Gasteiger partial charge in [0.1, 0.15) is 22.7 Å². The van der Waals surface area contributed by atoms with Crippen LogP contribution in [0.5, 0.6) is 0 Å². The molecule has 54 heavy (non-hydrogen) atoms. The number of aliphatic hydroxyl groups is 1. The smallest absolute Gasteiger partial charge is 1.00 e. The summed E-state index contributed by atoms with van der Waals surface area (Å²) in [5.74, 6) is 0.306. The molecule has 0 bridgehead atoms. The van der Waals surface area contributed by atoms with Crippen molar-refractivity contribution in [3.8, 4) is 0 Å². The van der Waals surface area contributed by atoms with Crippen LogP contribution in [0.2, 0.25) is 0 Å². The third kappa shape index (κ3) is 15.1. The molecule has 3 heterocycles. The largest absolute Gasteiger partial charge is 1.00 e. The topological polar surface area (TPSA) is 150 Å². The second-order valence-corrected chi connectivity index (χ2v) is 19.0. The number of carbonyl (C=O) groups excluding carboxylic acids is 2. The minimum absolute atomic E-state index is 0. The van der Waals surface area contributed by atoms with Crippen LogP contribution >= 0.6 is 0 Å². The van der Waals surface area contributed by atoms with E-state index in [9.17, 15) is 23.1 Å². The molecule has 0 spiro atoms. The Balaban J connectivity index is 0.000000573. The van der Waals surface area contributed by atoms with Gasteiger partial charge in [-0.15, -0.1) is 0 Å². The molecule has 2 amide bonds. The SMILES string of the molecule is CC(C)(C)OC(=O)N1[C@@H](C[C@H]2CCCOC2)COC1(C)C.Cc1ccc(S(=O)(=O)OC[C@H](CCCO)C[C@H]2COC(C)(C)N2C(=O)OC(C)(C)C)cc1.[H-].[Na+]. The van der Waals surface area contributed by atoms with Crippen molar-refractivity contribution >= 4 is 22.3 Å². The maximum absolute atomic E-state index is 12.9. The molecule has 1 N–H and O–H groups in total. The third-order valence-corrected chi connectivity index (χ3v) is 10.6. The van der Waals surface area contributed by atoms with Crippen molar-refractivity contribution < 1.29 is 82.0 Å². The van der Waals surface area contributed by atoms with Crippen molar-refractivity contribution in [3.63, 3.8) is 0 Å². The van der Waals surface area contributed by atoms with Gasteiger partial charge in [0.25, 0.3) is 10.1 Å². The van der Waals surface area contributed by atoms with Gasteiger partial charge in [-0.1, -0.05) is 17.7 Å². The molecule has 4 rings (SSSR count). The van der Waals surface area contributed by atoms with Crippen molar-refractivity contribution in [3.05, 3.63) is 29.8 Å². The number of hydrogen-bond acceptors (Lipinski definition) is 11. The molecule has 0 aliphatic carbocycles. The van der Waals surface area contributed by atoms with Gasteiger partial charge < -0.3 is 30.2 Å². The summed E-state index contributed by atoms with van der Waals surface area (Å²) in [6.07, 6.45) is 3.95.